The molecule has 3 rings (SSSR count). The quantitative estimate of drug-likeness (QED) is 0.569. The van der Waals surface area contributed by atoms with Gasteiger partial charge in [0.1, 0.15) is 5.54 Å². The molecule has 0 spiro atoms. The lowest BCUT2D eigenvalue weighted by molar-refractivity contribution is -0.160. The molecule has 8 heteroatoms. The summed E-state index contributed by atoms with van der Waals surface area (Å²) < 4.78 is 5.40. The Morgan fingerprint density at radius 1 is 1.06 bits per heavy atom. The number of hydrogen-bond donors (Lipinski definition) is 1. The molecule has 33 heavy (non-hydrogen) atoms. The standard InChI is InChI=1S/C25H28Cl2N2O4/c1-17(30)28-25(12-10-20(11-13-25)19-6-4-3-5-7-19)24(32)33-16-23(31)29(2)15-18-8-9-21(26)22(27)14-18/h3-9,14,20H,10-13,15-16H2,1-2H3,(H,28,30). The van der Waals surface area contributed by atoms with Crippen molar-refractivity contribution in [1.82, 2.24) is 10.2 Å². The molecule has 0 saturated heterocycles. The molecular formula is C25H28Cl2N2O4. The highest BCUT2D eigenvalue weighted by Crippen LogP contribution is 2.38. The molecule has 2 aromatic rings. The van der Waals surface area contributed by atoms with Crippen LogP contribution in [0.2, 0.25) is 10.0 Å². The molecule has 2 amide bonds. The molecule has 1 aliphatic carbocycles. The van der Waals surface area contributed by atoms with Crippen LogP contribution in [0.1, 0.15) is 49.7 Å². The molecule has 0 atom stereocenters. The Morgan fingerprint density at radius 2 is 1.73 bits per heavy atom. The number of ether oxygens (including phenoxy) is 1. The first-order chi connectivity index (χ1) is 15.7. The SMILES string of the molecule is CC(=O)NC1(C(=O)OCC(=O)N(C)Cc2ccc(Cl)c(Cl)c2)CCC(c2ccccc2)CC1. The fraction of sp³-hybridized carbons (Fsp3) is 0.400. The maximum atomic E-state index is 13.0. The zero-order chi connectivity index (χ0) is 24.0. The molecule has 1 N–H and O–H groups in total. The van der Waals surface area contributed by atoms with Gasteiger partial charge in [0.25, 0.3) is 5.91 Å². The summed E-state index contributed by atoms with van der Waals surface area (Å²) in [5.41, 5.74) is 0.918. The molecule has 0 aromatic heterocycles. The fourth-order valence-corrected chi connectivity index (χ4v) is 4.58. The third-order valence-corrected chi connectivity index (χ3v) is 6.81. The third kappa shape index (κ3) is 6.49. The maximum Gasteiger partial charge on any atom is 0.332 e. The third-order valence-electron chi connectivity index (χ3n) is 6.07. The number of benzene rings is 2. The van der Waals surface area contributed by atoms with E-state index in [9.17, 15) is 14.4 Å². The zero-order valence-corrected chi connectivity index (χ0v) is 20.3. The van der Waals surface area contributed by atoms with Gasteiger partial charge in [-0.3, -0.25) is 9.59 Å². The number of likely N-dealkylation sites (N-methyl/N-ethyl adjacent to an activating group) is 1. The van der Waals surface area contributed by atoms with Gasteiger partial charge in [-0.15, -0.1) is 0 Å². The van der Waals surface area contributed by atoms with Crippen molar-refractivity contribution in [1.29, 1.82) is 0 Å². The zero-order valence-electron chi connectivity index (χ0n) is 18.8. The van der Waals surface area contributed by atoms with E-state index >= 15 is 0 Å². The lowest BCUT2D eigenvalue weighted by atomic mass is 9.74. The molecule has 0 aliphatic heterocycles. The van der Waals surface area contributed by atoms with Gasteiger partial charge in [-0.1, -0.05) is 59.6 Å². The molecule has 0 bridgehead atoms. The van der Waals surface area contributed by atoms with Gasteiger partial charge in [0, 0.05) is 20.5 Å². The predicted molar refractivity (Wildman–Crippen MR) is 128 cm³/mol. The first-order valence-electron chi connectivity index (χ1n) is 10.9. The van der Waals surface area contributed by atoms with Gasteiger partial charge in [0.15, 0.2) is 6.61 Å². The number of hydrogen-bond acceptors (Lipinski definition) is 4. The van der Waals surface area contributed by atoms with Crippen molar-refractivity contribution in [2.24, 2.45) is 0 Å². The minimum Gasteiger partial charge on any atom is -0.454 e. The summed E-state index contributed by atoms with van der Waals surface area (Å²) in [5, 5.41) is 3.65. The Balaban J connectivity index is 1.59. The van der Waals surface area contributed by atoms with Crippen LogP contribution in [0, 0.1) is 0 Å². The van der Waals surface area contributed by atoms with E-state index in [-0.39, 0.29) is 11.8 Å². The minimum absolute atomic E-state index is 0.295. The Kier molecular flexibility index (Phi) is 8.38. The van der Waals surface area contributed by atoms with Crippen LogP contribution in [-0.4, -0.2) is 41.9 Å². The van der Waals surface area contributed by atoms with E-state index in [0.717, 1.165) is 18.4 Å². The number of halogens is 2. The highest BCUT2D eigenvalue weighted by Gasteiger charge is 2.44. The summed E-state index contributed by atoms with van der Waals surface area (Å²) in [6.07, 6.45) is 2.39. The van der Waals surface area contributed by atoms with Crippen molar-refractivity contribution in [3.05, 3.63) is 69.7 Å². The Hall–Kier alpha value is -2.57. The molecule has 0 heterocycles. The first-order valence-corrected chi connectivity index (χ1v) is 11.6. The van der Waals surface area contributed by atoms with E-state index < -0.39 is 18.1 Å². The van der Waals surface area contributed by atoms with Gasteiger partial charge in [0.2, 0.25) is 5.91 Å². The number of nitrogens with zero attached hydrogens (tertiary/aromatic N) is 1. The summed E-state index contributed by atoms with van der Waals surface area (Å²) in [6, 6.07) is 15.3. The van der Waals surface area contributed by atoms with Crippen molar-refractivity contribution < 1.29 is 19.1 Å². The van der Waals surface area contributed by atoms with Crippen LogP contribution in [0.5, 0.6) is 0 Å². The van der Waals surface area contributed by atoms with Gasteiger partial charge < -0.3 is 15.0 Å². The molecule has 2 aromatic carbocycles. The predicted octanol–water partition coefficient (Wildman–Crippen LogP) is 4.73. The van der Waals surface area contributed by atoms with E-state index in [4.69, 9.17) is 27.9 Å². The smallest absolute Gasteiger partial charge is 0.332 e. The van der Waals surface area contributed by atoms with Crippen LogP contribution < -0.4 is 5.32 Å². The number of carbonyl (C=O) groups excluding carboxylic acids is 3. The summed E-state index contributed by atoms with van der Waals surface area (Å²) >= 11 is 12.0. The summed E-state index contributed by atoms with van der Waals surface area (Å²) in [6.45, 7) is 1.28. The van der Waals surface area contributed by atoms with E-state index in [1.54, 1.807) is 25.2 Å². The van der Waals surface area contributed by atoms with Crippen molar-refractivity contribution in [3.8, 4) is 0 Å². The van der Waals surface area contributed by atoms with Crippen molar-refractivity contribution in [3.63, 3.8) is 0 Å². The molecule has 6 nitrogen and oxygen atoms in total. The van der Waals surface area contributed by atoms with Gasteiger partial charge in [-0.25, -0.2) is 4.79 Å². The normalized spacial score (nSPS) is 20.1. The summed E-state index contributed by atoms with van der Waals surface area (Å²) in [5.74, 6) is -0.904. The van der Waals surface area contributed by atoms with E-state index in [1.807, 2.05) is 18.2 Å². The number of rotatable bonds is 7. The van der Waals surface area contributed by atoms with Gasteiger partial charge in [0.05, 0.1) is 10.0 Å². The van der Waals surface area contributed by atoms with Crippen LogP contribution in [-0.2, 0) is 25.7 Å². The van der Waals surface area contributed by atoms with Crippen molar-refractivity contribution in [2.75, 3.05) is 13.7 Å². The van der Waals surface area contributed by atoms with Crippen LogP contribution in [0.3, 0.4) is 0 Å². The van der Waals surface area contributed by atoms with E-state index in [1.165, 1.54) is 17.4 Å². The van der Waals surface area contributed by atoms with Gasteiger partial charge in [-0.2, -0.15) is 0 Å². The first kappa shape index (κ1) is 25.1. The van der Waals surface area contributed by atoms with Crippen molar-refractivity contribution in [2.45, 2.75) is 50.6 Å². The van der Waals surface area contributed by atoms with Crippen molar-refractivity contribution >= 4 is 41.0 Å². The van der Waals surface area contributed by atoms with E-state index in [0.29, 0.717) is 35.3 Å². The summed E-state index contributed by atoms with van der Waals surface area (Å²) in [4.78, 5) is 38.9. The molecule has 1 saturated carbocycles. The Bertz CT molecular complexity index is 1000. The van der Waals surface area contributed by atoms with Gasteiger partial charge in [-0.05, 0) is 54.9 Å². The maximum absolute atomic E-state index is 13.0. The number of esters is 1. The monoisotopic (exact) mass is 490 g/mol. The number of amides is 2. The molecule has 0 unspecified atom stereocenters. The van der Waals surface area contributed by atoms with Crippen LogP contribution in [0.4, 0.5) is 0 Å². The highest BCUT2D eigenvalue weighted by molar-refractivity contribution is 6.42. The molecule has 1 fully saturated rings. The second-order valence-corrected chi connectivity index (χ2v) is 9.34. The summed E-state index contributed by atoms with van der Waals surface area (Å²) in [7, 11) is 1.62. The largest absolute Gasteiger partial charge is 0.454 e. The average molecular weight is 491 g/mol. The fourth-order valence-electron chi connectivity index (χ4n) is 4.26. The Morgan fingerprint density at radius 3 is 2.33 bits per heavy atom. The molecule has 0 radical (unpaired) electrons. The average Bonchev–Trinajstić information content (AvgIpc) is 2.80. The lowest BCUT2D eigenvalue weighted by Gasteiger charge is -2.38. The van der Waals surface area contributed by atoms with Crippen LogP contribution in [0.25, 0.3) is 0 Å². The highest BCUT2D eigenvalue weighted by atomic mass is 35.5. The lowest BCUT2D eigenvalue weighted by Crippen LogP contribution is -2.56. The second kappa shape index (κ2) is 11.0. The Labute approximate surface area is 204 Å². The topological polar surface area (TPSA) is 75.7 Å². The molecular weight excluding hydrogens is 463 g/mol. The van der Waals surface area contributed by atoms with E-state index in [2.05, 4.69) is 17.4 Å². The minimum atomic E-state index is -1.11. The molecule has 1 aliphatic rings. The van der Waals surface area contributed by atoms with Crippen LogP contribution in [0.15, 0.2) is 48.5 Å². The van der Waals surface area contributed by atoms with Crippen LogP contribution >= 0.6 is 23.2 Å². The number of carbonyl (C=O) groups is 3. The second-order valence-electron chi connectivity index (χ2n) is 8.52. The molecule has 176 valence electrons. The number of nitrogens with one attached hydrogen (secondary N) is 1. The van der Waals surface area contributed by atoms with Gasteiger partial charge >= 0.3 is 5.97 Å².